The van der Waals surface area contributed by atoms with Gasteiger partial charge in [-0.2, -0.15) is 4.98 Å². The molecule has 3 heteroatoms. The van der Waals surface area contributed by atoms with Gasteiger partial charge in [0.15, 0.2) is 0 Å². The average molecular weight is 210 g/mol. The first kappa shape index (κ1) is 9.09. The smallest absolute Gasteiger partial charge is 0.309 e. The van der Waals surface area contributed by atoms with Gasteiger partial charge in [-0.3, -0.25) is 0 Å². The first-order valence-electron chi connectivity index (χ1n) is 5.14. The molecule has 3 rings (SSSR count). The lowest BCUT2D eigenvalue weighted by molar-refractivity contribution is 1.07. The molecule has 0 saturated heterocycles. The Morgan fingerprint density at radius 1 is 1.06 bits per heavy atom. The summed E-state index contributed by atoms with van der Waals surface area (Å²) in [6.45, 7) is 1.89. The Labute approximate surface area is 91.8 Å². The number of fused-ring (bicyclic) bond motifs is 3. The van der Waals surface area contributed by atoms with Crippen LogP contribution in [0.25, 0.3) is 21.7 Å². The summed E-state index contributed by atoms with van der Waals surface area (Å²) < 4.78 is 0. The third-order valence-corrected chi connectivity index (χ3v) is 2.81. The van der Waals surface area contributed by atoms with Crippen molar-refractivity contribution in [3.8, 4) is 0 Å². The number of benzene rings is 2. The van der Waals surface area contributed by atoms with E-state index in [1.54, 1.807) is 0 Å². The standard InChI is InChI=1S/C13H10N2O/c1-8-10-7-6-9-4-2-3-5-11(9)12(10)15-13(16)14-8/h2-7H,1H3,(H,14,15,16). The third-order valence-electron chi connectivity index (χ3n) is 2.81. The minimum absolute atomic E-state index is 0.290. The largest absolute Gasteiger partial charge is 0.345 e. The number of hydrogen-bond donors (Lipinski definition) is 1. The molecule has 0 bridgehead atoms. The van der Waals surface area contributed by atoms with Gasteiger partial charge >= 0.3 is 5.69 Å². The maximum absolute atomic E-state index is 11.4. The van der Waals surface area contributed by atoms with E-state index in [0.717, 1.165) is 27.4 Å². The van der Waals surface area contributed by atoms with E-state index in [1.807, 2.05) is 43.3 Å². The van der Waals surface area contributed by atoms with Crippen LogP contribution in [0.2, 0.25) is 0 Å². The van der Waals surface area contributed by atoms with E-state index in [1.165, 1.54) is 0 Å². The van der Waals surface area contributed by atoms with Crippen LogP contribution in [0.3, 0.4) is 0 Å². The predicted octanol–water partition coefficient (Wildman–Crippen LogP) is 2.38. The van der Waals surface area contributed by atoms with Crippen LogP contribution in [0, 0.1) is 6.92 Å². The summed E-state index contributed by atoms with van der Waals surface area (Å²) >= 11 is 0. The SMILES string of the molecule is Cc1[nH]c(=O)nc2c1ccc1ccccc12. The summed E-state index contributed by atoms with van der Waals surface area (Å²) in [5.41, 5.74) is 1.35. The quantitative estimate of drug-likeness (QED) is 0.579. The lowest BCUT2D eigenvalue weighted by Gasteiger charge is -2.04. The molecule has 0 aliphatic carbocycles. The Morgan fingerprint density at radius 2 is 1.88 bits per heavy atom. The van der Waals surface area contributed by atoms with Crippen molar-refractivity contribution < 1.29 is 0 Å². The highest BCUT2D eigenvalue weighted by Gasteiger charge is 2.04. The number of rotatable bonds is 0. The second-order valence-electron chi connectivity index (χ2n) is 3.85. The fraction of sp³-hybridized carbons (Fsp3) is 0.0769. The van der Waals surface area contributed by atoms with Gasteiger partial charge in [0, 0.05) is 16.5 Å². The maximum atomic E-state index is 11.4. The summed E-state index contributed by atoms with van der Waals surface area (Å²) in [6.07, 6.45) is 0. The molecule has 1 aromatic heterocycles. The number of aromatic nitrogens is 2. The molecule has 16 heavy (non-hydrogen) atoms. The molecule has 2 aromatic carbocycles. The highest BCUT2D eigenvalue weighted by molar-refractivity contribution is 6.05. The number of nitrogens with zero attached hydrogens (tertiary/aromatic N) is 1. The summed E-state index contributed by atoms with van der Waals surface area (Å²) in [7, 11) is 0. The molecule has 0 fully saturated rings. The highest BCUT2D eigenvalue weighted by atomic mass is 16.1. The highest BCUT2D eigenvalue weighted by Crippen LogP contribution is 2.23. The minimum atomic E-state index is -0.290. The molecule has 3 nitrogen and oxygen atoms in total. The fourth-order valence-electron chi connectivity index (χ4n) is 2.04. The van der Waals surface area contributed by atoms with Crippen LogP contribution in [0.1, 0.15) is 5.69 Å². The van der Waals surface area contributed by atoms with Gasteiger partial charge in [-0.1, -0.05) is 36.4 Å². The van der Waals surface area contributed by atoms with Gasteiger partial charge in [0.25, 0.3) is 0 Å². The Hall–Kier alpha value is -2.16. The minimum Gasteiger partial charge on any atom is -0.309 e. The van der Waals surface area contributed by atoms with Gasteiger partial charge in [-0.25, -0.2) is 4.79 Å². The van der Waals surface area contributed by atoms with Crippen molar-refractivity contribution in [2.45, 2.75) is 6.92 Å². The number of aromatic amines is 1. The molecule has 0 aliphatic heterocycles. The van der Waals surface area contributed by atoms with E-state index in [-0.39, 0.29) is 5.69 Å². The predicted molar refractivity (Wildman–Crippen MR) is 64.6 cm³/mol. The fourth-order valence-corrected chi connectivity index (χ4v) is 2.04. The molecular weight excluding hydrogens is 200 g/mol. The molecule has 0 spiro atoms. The number of nitrogens with one attached hydrogen (secondary N) is 1. The molecule has 0 amide bonds. The number of aryl methyl sites for hydroxylation is 1. The topological polar surface area (TPSA) is 45.8 Å². The van der Waals surface area contributed by atoms with E-state index in [2.05, 4.69) is 9.97 Å². The molecule has 0 unspecified atom stereocenters. The van der Waals surface area contributed by atoms with E-state index >= 15 is 0 Å². The van der Waals surface area contributed by atoms with Crippen molar-refractivity contribution in [2.75, 3.05) is 0 Å². The van der Waals surface area contributed by atoms with E-state index in [0.29, 0.717) is 0 Å². The van der Waals surface area contributed by atoms with Crippen LogP contribution in [-0.2, 0) is 0 Å². The van der Waals surface area contributed by atoms with Crippen molar-refractivity contribution in [1.82, 2.24) is 9.97 Å². The molecule has 1 N–H and O–H groups in total. The van der Waals surface area contributed by atoms with Crippen molar-refractivity contribution in [3.63, 3.8) is 0 Å². The first-order chi connectivity index (χ1) is 7.75. The third kappa shape index (κ3) is 1.21. The van der Waals surface area contributed by atoms with E-state index < -0.39 is 0 Å². The maximum Gasteiger partial charge on any atom is 0.345 e. The van der Waals surface area contributed by atoms with Crippen LogP contribution in [0.4, 0.5) is 0 Å². The molecular formula is C13H10N2O. The van der Waals surface area contributed by atoms with Gasteiger partial charge in [-0.15, -0.1) is 0 Å². The number of hydrogen-bond acceptors (Lipinski definition) is 2. The molecule has 1 heterocycles. The van der Waals surface area contributed by atoms with Gasteiger partial charge < -0.3 is 4.98 Å². The van der Waals surface area contributed by atoms with Crippen LogP contribution < -0.4 is 5.69 Å². The van der Waals surface area contributed by atoms with Crippen LogP contribution in [-0.4, -0.2) is 9.97 Å². The Bertz CT molecular complexity index is 744. The van der Waals surface area contributed by atoms with E-state index in [4.69, 9.17) is 0 Å². The Balaban J connectivity index is 2.65. The van der Waals surface area contributed by atoms with E-state index in [9.17, 15) is 4.79 Å². The zero-order valence-electron chi connectivity index (χ0n) is 8.82. The molecule has 0 aliphatic rings. The van der Waals surface area contributed by atoms with Gasteiger partial charge in [0.2, 0.25) is 0 Å². The van der Waals surface area contributed by atoms with Crippen LogP contribution >= 0.6 is 0 Å². The monoisotopic (exact) mass is 210 g/mol. The van der Waals surface area contributed by atoms with Gasteiger partial charge in [-0.05, 0) is 12.3 Å². The Kier molecular flexibility index (Phi) is 1.80. The zero-order chi connectivity index (χ0) is 11.1. The lowest BCUT2D eigenvalue weighted by Crippen LogP contribution is -2.11. The Morgan fingerprint density at radius 3 is 2.75 bits per heavy atom. The summed E-state index contributed by atoms with van der Waals surface area (Å²) in [5.74, 6) is 0. The molecule has 0 radical (unpaired) electrons. The van der Waals surface area contributed by atoms with Crippen molar-refractivity contribution in [1.29, 1.82) is 0 Å². The average Bonchev–Trinajstić information content (AvgIpc) is 2.28. The molecule has 78 valence electrons. The normalized spacial score (nSPS) is 11.1. The summed E-state index contributed by atoms with van der Waals surface area (Å²) in [6, 6.07) is 12.0. The molecule has 0 saturated carbocycles. The van der Waals surface area contributed by atoms with Crippen molar-refractivity contribution in [2.24, 2.45) is 0 Å². The van der Waals surface area contributed by atoms with Crippen LogP contribution in [0.15, 0.2) is 41.2 Å². The second-order valence-corrected chi connectivity index (χ2v) is 3.85. The number of H-pyrrole nitrogens is 1. The molecule has 0 atom stereocenters. The summed E-state index contributed by atoms with van der Waals surface area (Å²) in [4.78, 5) is 18.1. The first-order valence-corrected chi connectivity index (χ1v) is 5.14. The lowest BCUT2D eigenvalue weighted by atomic mass is 10.1. The van der Waals surface area contributed by atoms with Crippen molar-refractivity contribution in [3.05, 3.63) is 52.6 Å². The zero-order valence-corrected chi connectivity index (χ0v) is 8.82. The van der Waals surface area contributed by atoms with Gasteiger partial charge in [0.1, 0.15) is 0 Å². The second kappa shape index (κ2) is 3.17. The van der Waals surface area contributed by atoms with Gasteiger partial charge in [0.05, 0.1) is 5.52 Å². The van der Waals surface area contributed by atoms with Crippen LogP contribution in [0.5, 0.6) is 0 Å². The van der Waals surface area contributed by atoms with Crippen molar-refractivity contribution >= 4 is 21.7 Å². The molecule has 3 aromatic rings. The summed E-state index contributed by atoms with van der Waals surface area (Å²) in [5, 5.41) is 3.13.